The number of hydrogen-bond acceptors (Lipinski definition) is 3. The van der Waals surface area contributed by atoms with Crippen molar-refractivity contribution in [3.05, 3.63) is 34.9 Å². The Bertz CT molecular complexity index is 322. The van der Waals surface area contributed by atoms with Crippen molar-refractivity contribution in [1.29, 1.82) is 0 Å². The standard InChI is InChI=1S/C12H17ClO3/c1-12(2,15-3)16-11(8-14)9-4-6-10(13)7-5-9/h4-7,11,14H,8H2,1-3H3/t11-/m0/s1. The quantitative estimate of drug-likeness (QED) is 0.810. The molecule has 0 aromatic heterocycles. The molecule has 0 unspecified atom stereocenters. The molecule has 0 amide bonds. The van der Waals surface area contributed by atoms with E-state index in [0.29, 0.717) is 5.02 Å². The third-order valence-electron chi connectivity index (χ3n) is 2.33. The van der Waals surface area contributed by atoms with E-state index < -0.39 is 11.9 Å². The van der Waals surface area contributed by atoms with Crippen LogP contribution in [0.4, 0.5) is 0 Å². The average Bonchev–Trinajstić information content (AvgIpc) is 2.27. The Hall–Kier alpha value is -0.610. The molecule has 0 fully saturated rings. The molecule has 1 rings (SSSR count). The molecule has 0 heterocycles. The number of methoxy groups -OCH3 is 1. The van der Waals surface area contributed by atoms with Crippen molar-refractivity contribution < 1.29 is 14.6 Å². The van der Waals surface area contributed by atoms with E-state index in [1.54, 1.807) is 33.1 Å². The number of halogens is 1. The lowest BCUT2D eigenvalue weighted by Crippen LogP contribution is -2.30. The molecule has 0 saturated heterocycles. The molecule has 1 atom stereocenters. The van der Waals surface area contributed by atoms with Crippen molar-refractivity contribution in [3.8, 4) is 0 Å². The van der Waals surface area contributed by atoms with Crippen molar-refractivity contribution in [2.45, 2.75) is 25.7 Å². The van der Waals surface area contributed by atoms with Crippen LogP contribution in [0.15, 0.2) is 24.3 Å². The van der Waals surface area contributed by atoms with Crippen LogP contribution in [0.25, 0.3) is 0 Å². The zero-order valence-corrected chi connectivity index (χ0v) is 10.5. The Balaban J connectivity index is 2.78. The summed E-state index contributed by atoms with van der Waals surface area (Å²) in [5, 5.41) is 9.95. The van der Waals surface area contributed by atoms with Gasteiger partial charge in [-0.15, -0.1) is 0 Å². The van der Waals surface area contributed by atoms with Gasteiger partial charge >= 0.3 is 0 Å². The Morgan fingerprint density at radius 2 is 1.88 bits per heavy atom. The first-order valence-corrected chi connectivity index (χ1v) is 5.45. The maximum Gasteiger partial charge on any atom is 0.163 e. The first kappa shape index (κ1) is 13.5. The summed E-state index contributed by atoms with van der Waals surface area (Å²) in [5.41, 5.74) is 0.872. The van der Waals surface area contributed by atoms with Gasteiger partial charge in [0.1, 0.15) is 6.10 Å². The highest BCUT2D eigenvalue weighted by Crippen LogP contribution is 2.25. The van der Waals surface area contributed by atoms with Gasteiger partial charge in [-0.25, -0.2) is 0 Å². The summed E-state index contributed by atoms with van der Waals surface area (Å²) in [6.45, 7) is 3.49. The molecule has 1 aromatic carbocycles. The van der Waals surface area contributed by atoms with Gasteiger partial charge in [-0.2, -0.15) is 0 Å². The molecule has 16 heavy (non-hydrogen) atoms. The van der Waals surface area contributed by atoms with Crippen LogP contribution < -0.4 is 0 Å². The van der Waals surface area contributed by atoms with E-state index in [9.17, 15) is 5.11 Å². The fourth-order valence-corrected chi connectivity index (χ4v) is 1.40. The van der Waals surface area contributed by atoms with E-state index in [2.05, 4.69) is 0 Å². The number of aliphatic hydroxyl groups is 1. The highest BCUT2D eigenvalue weighted by molar-refractivity contribution is 6.30. The maximum absolute atomic E-state index is 9.29. The molecule has 0 aliphatic rings. The summed E-state index contributed by atoms with van der Waals surface area (Å²) in [4.78, 5) is 0. The van der Waals surface area contributed by atoms with Crippen molar-refractivity contribution in [2.24, 2.45) is 0 Å². The van der Waals surface area contributed by atoms with Crippen molar-refractivity contribution in [2.75, 3.05) is 13.7 Å². The van der Waals surface area contributed by atoms with Crippen molar-refractivity contribution in [1.82, 2.24) is 0 Å². The molecular formula is C12H17ClO3. The van der Waals surface area contributed by atoms with Crippen LogP contribution >= 0.6 is 11.6 Å². The summed E-state index contributed by atoms with van der Waals surface area (Å²) in [5.74, 6) is -0.729. The van der Waals surface area contributed by atoms with Gasteiger partial charge in [0.15, 0.2) is 5.79 Å². The first-order valence-electron chi connectivity index (χ1n) is 5.08. The molecule has 0 aliphatic heterocycles. The first-order chi connectivity index (χ1) is 7.48. The van der Waals surface area contributed by atoms with Gasteiger partial charge in [0.25, 0.3) is 0 Å². The van der Waals surface area contributed by atoms with Crippen LogP contribution in [-0.2, 0) is 9.47 Å². The topological polar surface area (TPSA) is 38.7 Å². The van der Waals surface area contributed by atoms with Crippen LogP contribution in [0, 0.1) is 0 Å². The number of benzene rings is 1. The van der Waals surface area contributed by atoms with E-state index in [1.807, 2.05) is 12.1 Å². The van der Waals surface area contributed by atoms with Crippen molar-refractivity contribution in [3.63, 3.8) is 0 Å². The number of rotatable bonds is 5. The van der Waals surface area contributed by atoms with E-state index >= 15 is 0 Å². The summed E-state index contributed by atoms with van der Waals surface area (Å²) in [6.07, 6.45) is -0.410. The largest absolute Gasteiger partial charge is 0.393 e. The lowest BCUT2D eigenvalue weighted by Gasteiger charge is -2.28. The molecule has 4 heteroatoms. The average molecular weight is 245 g/mol. The second-order valence-corrected chi connectivity index (χ2v) is 4.38. The summed E-state index contributed by atoms with van der Waals surface area (Å²) < 4.78 is 10.8. The van der Waals surface area contributed by atoms with E-state index in [4.69, 9.17) is 21.1 Å². The molecule has 0 saturated carbocycles. The summed E-state index contributed by atoms with van der Waals surface area (Å²) >= 11 is 5.79. The second kappa shape index (κ2) is 5.64. The minimum Gasteiger partial charge on any atom is -0.393 e. The predicted molar refractivity (Wildman–Crippen MR) is 63.5 cm³/mol. The molecule has 0 radical (unpaired) electrons. The highest BCUT2D eigenvalue weighted by Gasteiger charge is 2.23. The van der Waals surface area contributed by atoms with Crippen LogP contribution in [0.5, 0.6) is 0 Å². The number of ether oxygens (including phenoxy) is 2. The fourth-order valence-electron chi connectivity index (χ4n) is 1.28. The van der Waals surface area contributed by atoms with Gasteiger partial charge in [-0.3, -0.25) is 0 Å². The summed E-state index contributed by atoms with van der Waals surface area (Å²) in [6, 6.07) is 7.19. The lowest BCUT2D eigenvalue weighted by atomic mass is 10.1. The third-order valence-corrected chi connectivity index (χ3v) is 2.58. The second-order valence-electron chi connectivity index (χ2n) is 3.94. The summed E-state index contributed by atoms with van der Waals surface area (Å²) in [7, 11) is 1.57. The Kier molecular flexibility index (Phi) is 4.74. The zero-order chi connectivity index (χ0) is 12.2. The van der Waals surface area contributed by atoms with E-state index in [1.165, 1.54) is 0 Å². The molecule has 1 aromatic rings. The van der Waals surface area contributed by atoms with Gasteiger partial charge < -0.3 is 14.6 Å². The van der Waals surface area contributed by atoms with Crippen LogP contribution in [0.2, 0.25) is 5.02 Å². The SMILES string of the molecule is COC(C)(C)O[C@@H](CO)c1ccc(Cl)cc1. The molecule has 90 valence electrons. The van der Waals surface area contributed by atoms with Gasteiger partial charge in [0.05, 0.1) is 6.61 Å². The Morgan fingerprint density at radius 3 is 2.31 bits per heavy atom. The molecular weight excluding hydrogens is 228 g/mol. The smallest absolute Gasteiger partial charge is 0.163 e. The van der Waals surface area contributed by atoms with Crippen molar-refractivity contribution >= 4 is 11.6 Å². The van der Waals surface area contributed by atoms with Crippen LogP contribution in [0.3, 0.4) is 0 Å². The van der Waals surface area contributed by atoms with E-state index in [-0.39, 0.29) is 6.61 Å². The fraction of sp³-hybridized carbons (Fsp3) is 0.500. The third kappa shape index (κ3) is 3.76. The molecule has 1 N–H and O–H groups in total. The van der Waals surface area contributed by atoms with Crippen LogP contribution in [-0.4, -0.2) is 24.6 Å². The predicted octanol–water partition coefficient (Wildman–Crippen LogP) is 2.77. The molecule has 0 bridgehead atoms. The minimum atomic E-state index is -0.729. The van der Waals surface area contributed by atoms with Gasteiger partial charge in [0.2, 0.25) is 0 Å². The Morgan fingerprint density at radius 1 is 1.31 bits per heavy atom. The van der Waals surface area contributed by atoms with E-state index in [0.717, 1.165) is 5.56 Å². The number of hydrogen-bond donors (Lipinski definition) is 1. The number of aliphatic hydroxyl groups excluding tert-OH is 1. The minimum absolute atomic E-state index is 0.103. The highest BCUT2D eigenvalue weighted by atomic mass is 35.5. The van der Waals surface area contributed by atoms with Gasteiger partial charge in [-0.05, 0) is 31.5 Å². The van der Waals surface area contributed by atoms with Gasteiger partial charge in [0, 0.05) is 12.1 Å². The lowest BCUT2D eigenvalue weighted by molar-refractivity contribution is -0.231. The molecule has 0 spiro atoms. The normalized spacial score (nSPS) is 13.8. The maximum atomic E-state index is 9.29. The molecule has 0 aliphatic carbocycles. The van der Waals surface area contributed by atoms with Crippen LogP contribution in [0.1, 0.15) is 25.5 Å². The Labute approximate surface area is 101 Å². The monoisotopic (exact) mass is 244 g/mol. The molecule has 3 nitrogen and oxygen atoms in total. The van der Waals surface area contributed by atoms with Gasteiger partial charge in [-0.1, -0.05) is 23.7 Å². The zero-order valence-electron chi connectivity index (χ0n) is 9.74.